The van der Waals surface area contributed by atoms with Gasteiger partial charge in [-0.05, 0) is 93.6 Å². The molecule has 2 heterocycles. The number of amides is 2. The fourth-order valence-electron chi connectivity index (χ4n) is 6.34. The van der Waals surface area contributed by atoms with Gasteiger partial charge in [-0.3, -0.25) is 9.59 Å². The van der Waals surface area contributed by atoms with Crippen molar-refractivity contribution in [1.82, 2.24) is 15.1 Å². The smallest absolute Gasteiger partial charge is 0.255 e. The topological polar surface area (TPSA) is 112 Å². The Morgan fingerprint density at radius 1 is 1.14 bits per heavy atom. The van der Waals surface area contributed by atoms with Crippen LogP contribution in [0.5, 0.6) is 11.5 Å². The Morgan fingerprint density at radius 2 is 1.93 bits per heavy atom. The molecule has 1 atom stereocenters. The SMILES string of the molecule is CNC(=O)C(CCC=O)N1Cc2c(CCCCCN3CCC(C#N)(c4cc(OC)ccc4OC)CC3)cccc2C1=O. The van der Waals surface area contributed by atoms with Crippen LogP contribution in [0, 0.1) is 11.3 Å². The predicted molar refractivity (Wildman–Crippen MR) is 160 cm³/mol. The van der Waals surface area contributed by atoms with Gasteiger partial charge >= 0.3 is 0 Å². The van der Waals surface area contributed by atoms with Gasteiger partial charge in [-0.25, -0.2) is 0 Å². The molecule has 2 aliphatic heterocycles. The highest BCUT2D eigenvalue weighted by Crippen LogP contribution is 2.41. The molecule has 0 saturated carbocycles. The molecule has 1 saturated heterocycles. The highest BCUT2D eigenvalue weighted by atomic mass is 16.5. The third-order valence-corrected chi connectivity index (χ3v) is 8.84. The minimum absolute atomic E-state index is 0.142. The van der Waals surface area contributed by atoms with Gasteiger partial charge in [0.1, 0.15) is 23.8 Å². The summed E-state index contributed by atoms with van der Waals surface area (Å²) < 4.78 is 11.0. The Morgan fingerprint density at radius 3 is 2.60 bits per heavy atom. The van der Waals surface area contributed by atoms with E-state index in [1.165, 1.54) is 0 Å². The molecule has 1 unspecified atom stereocenters. The van der Waals surface area contributed by atoms with E-state index in [1.807, 2.05) is 30.3 Å². The number of unbranched alkanes of at least 4 members (excludes halogenated alkanes) is 2. The average Bonchev–Trinajstić information content (AvgIpc) is 3.37. The maximum absolute atomic E-state index is 13.2. The number of benzene rings is 2. The molecule has 2 aliphatic rings. The normalized spacial score (nSPS) is 16.8. The Kier molecular flexibility index (Phi) is 10.6. The van der Waals surface area contributed by atoms with Gasteiger partial charge in [0, 0.05) is 31.1 Å². The fraction of sp³-hybridized carbons (Fsp3) is 0.515. The number of fused-ring (bicyclic) bond motifs is 1. The van der Waals surface area contributed by atoms with E-state index in [-0.39, 0.29) is 18.2 Å². The minimum atomic E-state index is -0.651. The lowest BCUT2D eigenvalue weighted by Gasteiger charge is -2.38. The number of hydrogen-bond acceptors (Lipinski definition) is 7. The number of aryl methyl sites for hydroxylation is 1. The van der Waals surface area contributed by atoms with Crippen molar-refractivity contribution in [2.45, 2.75) is 69.4 Å². The van der Waals surface area contributed by atoms with Crippen molar-refractivity contribution in [1.29, 1.82) is 5.26 Å². The molecule has 1 N–H and O–H groups in total. The average molecular weight is 575 g/mol. The number of rotatable bonds is 14. The molecule has 2 aromatic rings. The van der Waals surface area contributed by atoms with Crippen molar-refractivity contribution in [3.05, 3.63) is 58.7 Å². The number of hydrogen-bond donors (Lipinski definition) is 1. The maximum atomic E-state index is 13.2. The van der Waals surface area contributed by atoms with Crippen molar-refractivity contribution in [2.75, 3.05) is 40.9 Å². The van der Waals surface area contributed by atoms with Crippen molar-refractivity contribution in [2.24, 2.45) is 0 Å². The Labute approximate surface area is 248 Å². The van der Waals surface area contributed by atoms with Crippen LogP contribution in [0.2, 0.25) is 0 Å². The molecule has 2 aromatic carbocycles. The van der Waals surface area contributed by atoms with Crippen molar-refractivity contribution in [3.8, 4) is 17.6 Å². The van der Waals surface area contributed by atoms with Crippen LogP contribution in [0.4, 0.5) is 0 Å². The number of carbonyl (C=O) groups excluding carboxylic acids is 3. The van der Waals surface area contributed by atoms with E-state index in [2.05, 4.69) is 22.4 Å². The Balaban J connectivity index is 1.28. The van der Waals surface area contributed by atoms with Gasteiger partial charge in [0.15, 0.2) is 0 Å². The zero-order valence-electron chi connectivity index (χ0n) is 25.0. The molecule has 42 heavy (non-hydrogen) atoms. The summed E-state index contributed by atoms with van der Waals surface area (Å²) in [5.41, 5.74) is 3.14. The first kappa shape index (κ1) is 31.0. The first-order valence-electron chi connectivity index (χ1n) is 14.8. The third-order valence-electron chi connectivity index (χ3n) is 8.84. The third kappa shape index (κ3) is 6.60. The van der Waals surface area contributed by atoms with Gasteiger partial charge in [0.2, 0.25) is 5.91 Å². The van der Waals surface area contributed by atoms with E-state index < -0.39 is 11.5 Å². The van der Waals surface area contributed by atoms with Crippen molar-refractivity contribution >= 4 is 18.1 Å². The van der Waals surface area contributed by atoms with Crippen LogP contribution < -0.4 is 14.8 Å². The number of likely N-dealkylation sites (tertiary alicyclic amines) is 1. The molecule has 0 aliphatic carbocycles. The summed E-state index contributed by atoms with van der Waals surface area (Å²) >= 11 is 0. The van der Waals surface area contributed by atoms with Gasteiger partial charge in [0.05, 0.1) is 25.7 Å². The molecule has 0 aromatic heterocycles. The molecule has 4 rings (SSSR count). The Bertz CT molecular complexity index is 1310. The Hall–Kier alpha value is -3.90. The quantitative estimate of drug-likeness (QED) is 0.268. The summed E-state index contributed by atoms with van der Waals surface area (Å²) in [5.74, 6) is 1.07. The van der Waals surface area contributed by atoms with Crippen LogP contribution in [-0.2, 0) is 28.0 Å². The lowest BCUT2D eigenvalue weighted by molar-refractivity contribution is -0.125. The number of piperidine rings is 1. The van der Waals surface area contributed by atoms with Crippen LogP contribution in [-0.4, -0.2) is 74.8 Å². The first-order valence-corrected chi connectivity index (χ1v) is 14.8. The van der Waals surface area contributed by atoms with Crippen molar-refractivity contribution < 1.29 is 23.9 Å². The zero-order valence-corrected chi connectivity index (χ0v) is 25.0. The lowest BCUT2D eigenvalue weighted by Crippen LogP contribution is -2.46. The summed E-state index contributed by atoms with van der Waals surface area (Å²) in [6.07, 6.45) is 6.83. The monoisotopic (exact) mass is 574 g/mol. The number of carbonyl (C=O) groups is 3. The molecular weight excluding hydrogens is 532 g/mol. The molecule has 2 amide bonds. The number of likely N-dealkylation sites (N-methyl/N-ethyl adjacent to an activating group) is 1. The molecule has 9 heteroatoms. The van der Waals surface area contributed by atoms with Gasteiger partial charge in [-0.2, -0.15) is 5.26 Å². The first-order chi connectivity index (χ1) is 20.4. The van der Waals surface area contributed by atoms with Gasteiger partial charge < -0.3 is 29.4 Å². The minimum Gasteiger partial charge on any atom is -0.497 e. The van der Waals surface area contributed by atoms with Crippen LogP contribution in [0.3, 0.4) is 0 Å². The molecular formula is C33H42N4O5. The van der Waals surface area contributed by atoms with E-state index in [4.69, 9.17) is 9.47 Å². The summed E-state index contributed by atoms with van der Waals surface area (Å²) in [6.45, 7) is 3.09. The van der Waals surface area contributed by atoms with Crippen molar-refractivity contribution in [3.63, 3.8) is 0 Å². The lowest BCUT2D eigenvalue weighted by atomic mass is 9.73. The number of nitrogens with zero attached hydrogens (tertiary/aromatic N) is 3. The second kappa shape index (κ2) is 14.3. The number of nitriles is 1. The second-order valence-electron chi connectivity index (χ2n) is 11.2. The fourth-order valence-corrected chi connectivity index (χ4v) is 6.34. The number of ether oxygens (including phenoxy) is 2. The molecule has 1 fully saturated rings. The zero-order chi connectivity index (χ0) is 30.1. The van der Waals surface area contributed by atoms with E-state index in [0.29, 0.717) is 18.5 Å². The summed E-state index contributed by atoms with van der Waals surface area (Å²) in [7, 11) is 4.82. The summed E-state index contributed by atoms with van der Waals surface area (Å²) in [4.78, 5) is 40.7. The van der Waals surface area contributed by atoms with E-state index in [9.17, 15) is 19.6 Å². The number of methoxy groups -OCH3 is 2. The maximum Gasteiger partial charge on any atom is 0.255 e. The van der Waals surface area contributed by atoms with Gasteiger partial charge in [0.25, 0.3) is 5.91 Å². The van der Waals surface area contributed by atoms with Crippen LogP contribution >= 0.6 is 0 Å². The van der Waals surface area contributed by atoms with Crippen LogP contribution in [0.1, 0.15) is 72.0 Å². The van der Waals surface area contributed by atoms with Crippen LogP contribution in [0.25, 0.3) is 0 Å². The molecule has 0 bridgehead atoms. The molecule has 0 spiro atoms. The standard InChI is InChI=1S/C33H42N4O5/c1-35-31(39)29(12-8-20-38)37-22-27-24(10-7-11-26(27)32(37)40)9-5-4-6-17-36-18-15-33(23-34,16-19-36)28-21-25(41-2)13-14-30(28)42-3/h7,10-11,13-14,20-21,29H,4-6,8-9,12,15-19,22H2,1-3H3,(H,35,39). The van der Waals surface area contributed by atoms with E-state index in [1.54, 1.807) is 26.2 Å². The van der Waals surface area contributed by atoms with E-state index >= 15 is 0 Å². The second-order valence-corrected chi connectivity index (χ2v) is 11.2. The van der Waals surface area contributed by atoms with Crippen LogP contribution in [0.15, 0.2) is 36.4 Å². The molecule has 9 nitrogen and oxygen atoms in total. The van der Waals surface area contributed by atoms with E-state index in [0.717, 1.165) is 92.6 Å². The molecule has 0 radical (unpaired) electrons. The highest BCUT2D eigenvalue weighted by molar-refractivity contribution is 6.01. The molecule has 224 valence electrons. The predicted octanol–water partition coefficient (Wildman–Crippen LogP) is 4.02. The summed E-state index contributed by atoms with van der Waals surface area (Å²) in [6, 6.07) is 13.5. The van der Waals surface area contributed by atoms with Gasteiger partial charge in [-0.15, -0.1) is 0 Å². The number of aldehydes is 1. The van der Waals surface area contributed by atoms with Gasteiger partial charge in [-0.1, -0.05) is 18.6 Å². The summed E-state index contributed by atoms with van der Waals surface area (Å²) in [5, 5.41) is 12.8. The number of nitrogens with one attached hydrogen (secondary N) is 1. The highest BCUT2D eigenvalue weighted by Gasteiger charge is 2.39. The largest absolute Gasteiger partial charge is 0.497 e.